The third kappa shape index (κ3) is 1.49. The molecule has 0 amide bonds. The summed E-state index contributed by atoms with van der Waals surface area (Å²) in [7, 11) is 1.71. The fourth-order valence-electron chi connectivity index (χ4n) is 2.39. The van der Waals surface area contributed by atoms with Gasteiger partial charge in [0.2, 0.25) is 0 Å². The van der Waals surface area contributed by atoms with Gasteiger partial charge in [0.15, 0.2) is 5.78 Å². The summed E-state index contributed by atoms with van der Waals surface area (Å²) < 4.78 is 5.31. The van der Waals surface area contributed by atoms with Crippen LogP contribution in [0.1, 0.15) is 32.6 Å². The van der Waals surface area contributed by atoms with Gasteiger partial charge in [0.05, 0.1) is 12.9 Å². The molecular weight excluding hydrogens is 176 g/mol. The van der Waals surface area contributed by atoms with E-state index in [1.54, 1.807) is 7.11 Å². The Kier molecular flexibility index (Phi) is 2.44. The summed E-state index contributed by atoms with van der Waals surface area (Å²) in [4.78, 5) is 11.6. The van der Waals surface area contributed by atoms with Crippen LogP contribution in [0.4, 0.5) is 0 Å². The van der Waals surface area contributed by atoms with Crippen molar-refractivity contribution < 1.29 is 9.53 Å². The molecule has 1 atom stereocenters. The first-order valence-corrected chi connectivity index (χ1v) is 5.21. The molecule has 2 aliphatic carbocycles. The molecule has 1 unspecified atom stereocenters. The zero-order valence-corrected chi connectivity index (χ0v) is 8.80. The molecule has 14 heavy (non-hydrogen) atoms. The van der Waals surface area contributed by atoms with Gasteiger partial charge in [-0.3, -0.25) is 4.79 Å². The molecule has 76 valence electrons. The lowest BCUT2D eigenvalue weighted by atomic mass is 9.77. The lowest BCUT2D eigenvalue weighted by Crippen LogP contribution is -2.22. The molecule has 0 N–H and O–H groups in total. The highest BCUT2D eigenvalue weighted by molar-refractivity contribution is 5.97. The number of carbonyl (C=O) groups excluding carboxylic acids is 1. The monoisotopic (exact) mass is 192 g/mol. The van der Waals surface area contributed by atoms with Crippen molar-refractivity contribution in [2.45, 2.75) is 32.6 Å². The molecule has 0 heterocycles. The third-order valence-corrected chi connectivity index (χ3v) is 3.21. The molecule has 2 heteroatoms. The van der Waals surface area contributed by atoms with Gasteiger partial charge in [0.25, 0.3) is 0 Å². The largest absolute Gasteiger partial charge is 0.501 e. The number of carbonyl (C=O) groups is 1. The average Bonchev–Trinajstić information content (AvgIpc) is 2.19. The van der Waals surface area contributed by atoms with Gasteiger partial charge >= 0.3 is 0 Å². The number of Topliss-reactive ketones (excluding diaryl/α,β-unsaturated/α-hetero) is 1. The second kappa shape index (κ2) is 3.60. The maximum atomic E-state index is 11.6. The van der Waals surface area contributed by atoms with Gasteiger partial charge in [0.1, 0.15) is 0 Å². The van der Waals surface area contributed by atoms with Crippen LogP contribution in [0, 0.1) is 5.92 Å². The Morgan fingerprint density at radius 3 is 3.00 bits per heavy atom. The highest BCUT2D eigenvalue weighted by atomic mass is 16.5. The van der Waals surface area contributed by atoms with E-state index in [0.717, 1.165) is 42.6 Å². The molecule has 2 aliphatic rings. The number of allylic oxidation sites excluding steroid dienone is 4. The predicted molar refractivity (Wildman–Crippen MR) is 54.8 cm³/mol. The van der Waals surface area contributed by atoms with Crippen LogP contribution in [0.3, 0.4) is 0 Å². The van der Waals surface area contributed by atoms with Crippen molar-refractivity contribution in [3.05, 3.63) is 23.0 Å². The number of ketones is 1. The first-order valence-electron chi connectivity index (χ1n) is 5.21. The Morgan fingerprint density at radius 2 is 2.29 bits per heavy atom. The Bertz CT molecular complexity index is 323. The zero-order valence-electron chi connectivity index (χ0n) is 8.80. The molecule has 0 saturated heterocycles. The molecule has 0 spiro atoms. The maximum Gasteiger partial charge on any atom is 0.159 e. The first kappa shape index (κ1) is 9.50. The van der Waals surface area contributed by atoms with Crippen molar-refractivity contribution in [1.29, 1.82) is 0 Å². The van der Waals surface area contributed by atoms with Gasteiger partial charge in [0, 0.05) is 12.8 Å². The van der Waals surface area contributed by atoms with Gasteiger partial charge in [-0.15, -0.1) is 0 Å². The molecule has 2 nitrogen and oxygen atoms in total. The highest BCUT2D eigenvalue weighted by Gasteiger charge is 2.29. The van der Waals surface area contributed by atoms with Crippen LogP contribution in [-0.4, -0.2) is 12.9 Å². The second-order valence-corrected chi connectivity index (χ2v) is 4.13. The quantitative estimate of drug-likeness (QED) is 0.638. The molecule has 1 fully saturated rings. The fraction of sp³-hybridized carbons (Fsp3) is 0.583. The summed E-state index contributed by atoms with van der Waals surface area (Å²) in [5.74, 6) is 1.82. The Labute approximate surface area is 84.6 Å². The Balaban J connectivity index is 2.32. The van der Waals surface area contributed by atoms with Crippen molar-refractivity contribution >= 4 is 5.78 Å². The van der Waals surface area contributed by atoms with Crippen LogP contribution in [0.15, 0.2) is 23.0 Å². The number of hydrogen-bond acceptors (Lipinski definition) is 2. The smallest absolute Gasteiger partial charge is 0.159 e. The van der Waals surface area contributed by atoms with E-state index >= 15 is 0 Å². The van der Waals surface area contributed by atoms with Crippen molar-refractivity contribution in [3.63, 3.8) is 0 Å². The van der Waals surface area contributed by atoms with Crippen LogP contribution in [0.25, 0.3) is 0 Å². The molecule has 0 aliphatic heterocycles. The number of hydrogen-bond donors (Lipinski definition) is 0. The Morgan fingerprint density at radius 1 is 1.50 bits per heavy atom. The van der Waals surface area contributed by atoms with Crippen LogP contribution in [-0.2, 0) is 9.53 Å². The topological polar surface area (TPSA) is 26.3 Å². The molecule has 2 rings (SSSR count). The molecule has 0 aromatic carbocycles. The van der Waals surface area contributed by atoms with E-state index in [1.165, 1.54) is 0 Å². The fourth-order valence-corrected chi connectivity index (χ4v) is 2.39. The summed E-state index contributed by atoms with van der Waals surface area (Å²) in [6, 6.07) is 0. The van der Waals surface area contributed by atoms with Crippen molar-refractivity contribution in [3.8, 4) is 0 Å². The first-order chi connectivity index (χ1) is 6.72. The summed E-state index contributed by atoms with van der Waals surface area (Å²) in [5.41, 5.74) is 2.16. The average molecular weight is 192 g/mol. The number of methoxy groups -OCH3 is 1. The van der Waals surface area contributed by atoms with Crippen LogP contribution >= 0.6 is 0 Å². The Hall–Kier alpha value is -1.05. The zero-order chi connectivity index (χ0) is 10.1. The van der Waals surface area contributed by atoms with E-state index in [-0.39, 0.29) is 0 Å². The van der Waals surface area contributed by atoms with Crippen LogP contribution in [0.2, 0.25) is 0 Å². The molecule has 0 aromatic rings. The number of rotatable bonds is 1. The van der Waals surface area contributed by atoms with Crippen molar-refractivity contribution in [1.82, 2.24) is 0 Å². The molecule has 0 bridgehead atoms. The summed E-state index contributed by atoms with van der Waals surface area (Å²) in [6.07, 6.45) is 5.85. The van der Waals surface area contributed by atoms with E-state index < -0.39 is 0 Å². The second-order valence-electron chi connectivity index (χ2n) is 4.13. The van der Waals surface area contributed by atoms with Crippen molar-refractivity contribution in [2.75, 3.05) is 7.11 Å². The SMILES string of the molecule is COC1=C(C)C=C2C(=O)CCCC2C1. The predicted octanol–water partition coefficient (Wildman–Crippen LogP) is 2.61. The minimum Gasteiger partial charge on any atom is -0.501 e. The van der Waals surface area contributed by atoms with Crippen LogP contribution < -0.4 is 0 Å². The summed E-state index contributed by atoms with van der Waals surface area (Å²) in [5, 5.41) is 0. The number of fused-ring (bicyclic) bond motifs is 1. The molecule has 0 aromatic heterocycles. The summed E-state index contributed by atoms with van der Waals surface area (Å²) >= 11 is 0. The number of ether oxygens (including phenoxy) is 1. The third-order valence-electron chi connectivity index (χ3n) is 3.21. The van der Waals surface area contributed by atoms with Gasteiger partial charge in [-0.05, 0) is 42.9 Å². The lowest BCUT2D eigenvalue weighted by Gasteiger charge is -2.29. The van der Waals surface area contributed by atoms with Gasteiger partial charge in [-0.2, -0.15) is 0 Å². The highest BCUT2D eigenvalue weighted by Crippen LogP contribution is 2.37. The molecular formula is C12H16O2. The van der Waals surface area contributed by atoms with Gasteiger partial charge < -0.3 is 4.74 Å². The minimum absolute atomic E-state index is 0.343. The van der Waals surface area contributed by atoms with E-state index in [1.807, 2.05) is 13.0 Å². The standard InChI is InChI=1S/C12H16O2/c1-8-6-10-9(7-12(8)14-2)4-3-5-11(10)13/h6,9H,3-5,7H2,1-2H3. The van der Waals surface area contributed by atoms with Crippen LogP contribution in [0.5, 0.6) is 0 Å². The van der Waals surface area contributed by atoms with E-state index in [0.29, 0.717) is 11.7 Å². The van der Waals surface area contributed by atoms with E-state index in [2.05, 4.69) is 0 Å². The molecule has 1 saturated carbocycles. The maximum absolute atomic E-state index is 11.6. The van der Waals surface area contributed by atoms with Gasteiger partial charge in [-0.1, -0.05) is 0 Å². The molecule has 0 radical (unpaired) electrons. The summed E-state index contributed by atoms with van der Waals surface area (Å²) in [6.45, 7) is 2.02. The van der Waals surface area contributed by atoms with Gasteiger partial charge in [-0.25, -0.2) is 0 Å². The van der Waals surface area contributed by atoms with E-state index in [4.69, 9.17) is 4.74 Å². The normalized spacial score (nSPS) is 27.1. The minimum atomic E-state index is 0.343. The lowest BCUT2D eigenvalue weighted by molar-refractivity contribution is -0.117. The van der Waals surface area contributed by atoms with E-state index in [9.17, 15) is 4.79 Å². The van der Waals surface area contributed by atoms with Crippen molar-refractivity contribution in [2.24, 2.45) is 5.92 Å².